The van der Waals surface area contributed by atoms with Gasteiger partial charge in [-0.15, -0.1) is 0 Å². The van der Waals surface area contributed by atoms with Gasteiger partial charge >= 0.3 is 5.97 Å². The number of rotatable bonds is 10. The molecule has 2 aliphatic heterocycles. The van der Waals surface area contributed by atoms with Gasteiger partial charge in [0.25, 0.3) is 0 Å². The molecule has 5 heterocycles. The summed E-state index contributed by atoms with van der Waals surface area (Å²) in [7, 11) is 1.48. The molecular weight excluding hydrogens is 735 g/mol. The van der Waals surface area contributed by atoms with Crippen molar-refractivity contribution >= 4 is 58.2 Å². The molecule has 0 spiro atoms. The van der Waals surface area contributed by atoms with E-state index in [2.05, 4.69) is 106 Å². The van der Waals surface area contributed by atoms with Crippen LogP contribution in [-0.2, 0) is 14.3 Å². The second-order valence-corrected chi connectivity index (χ2v) is 14.1. The SMILES string of the molecule is COCNC(=O)CCC(=O)Oc1ccc(-c2c3nc(c(-c4ccccc4)c4ccc([nH]4)c(-c4ccccc4)c4nc(c(-c5ccccc5)c5ccc2[nH]5)C=C4)C=C3)cc1. The Labute approximate surface area is 340 Å². The third kappa shape index (κ3) is 7.75. The lowest BCUT2D eigenvalue weighted by Gasteiger charge is -2.08. The molecule has 288 valence electrons. The van der Waals surface area contributed by atoms with E-state index in [1.165, 1.54) is 7.11 Å². The molecule has 8 bridgehead atoms. The highest BCUT2D eigenvalue weighted by Crippen LogP contribution is 2.38. The first-order valence-corrected chi connectivity index (χ1v) is 19.4. The Bertz CT molecular complexity index is 2880. The molecule has 4 aromatic carbocycles. The molecule has 0 radical (unpaired) electrons. The summed E-state index contributed by atoms with van der Waals surface area (Å²) in [6.07, 6.45) is 8.23. The van der Waals surface area contributed by atoms with Crippen LogP contribution in [0.15, 0.2) is 140 Å². The van der Waals surface area contributed by atoms with Crippen molar-refractivity contribution in [3.63, 3.8) is 0 Å². The lowest BCUT2D eigenvalue weighted by Crippen LogP contribution is -2.26. The normalized spacial score (nSPS) is 11.7. The Kier molecular flexibility index (Phi) is 10.3. The minimum Gasteiger partial charge on any atom is -0.427 e. The van der Waals surface area contributed by atoms with Gasteiger partial charge in [-0.2, -0.15) is 0 Å². The minimum absolute atomic E-state index is 0.000127. The number of hydrogen-bond acceptors (Lipinski definition) is 6. The number of methoxy groups -OCH3 is 1. The Morgan fingerprint density at radius 1 is 0.492 bits per heavy atom. The van der Waals surface area contributed by atoms with E-state index in [4.69, 9.17) is 19.4 Å². The van der Waals surface area contributed by atoms with Crippen LogP contribution in [0.25, 0.3) is 90.9 Å². The molecule has 3 N–H and O–H groups in total. The first kappa shape index (κ1) is 37.0. The van der Waals surface area contributed by atoms with E-state index in [9.17, 15) is 9.59 Å². The van der Waals surface area contributed by atoms with Gasteiger partial charge in [-0.3, -0.25) is 9.59 Å². The van der Waals surface area contributed by atoms with E-state index in [1.54, 1.807) is 12.1 Å². The zero-order chi connectivity index (χ0) is 40.1. The topological polar surface area (TPSA) is 122 Å². The average Bonchev–Trinajstić information content (AvgIpc) is 4.12. The van der Waals surface area contributed by atoms with Crippen molar-refractivity contribution in [2.24, 2.45) is 0 Å². The Hall–Kier alpha value is -7.62. The maximum atomic E-state index is 12.7. The molecule has 0 saturated heterocycles. The van der Waals surface area contributed by atoms with Crippen molar-refractivity contribution in [3.05, 3.63) is 162 Å². The highest BCUT2D eigenvalue weighted by atomic mass is 16.5. The molecular formula is C50H39N5O4. The van der Waals surface area contributed by atoms with Crippen LogP contribution in [0.2, 0.25) is 0 Å². The van der Waals surface area contributed by atoms with E-state index in [0.29, 0.717) is 5.75 Å². The fourth-order valence-electron chi connectivity index (χ4n) is 7.56. The average molecular weight is 774 g/mol. The number of hydrogen-bond donors (Lipinski definition) is 3. The quantitative estimate of drug-likeness (QED) is 0.0723. The number of aromatic amines is 2. The summed E-state index contributed by atoms with van der Waals surface area (Å²) in [4.78, 5) is 42.9. The van der Waals surface area contributed by atoms with E-state index in [-0.39, 0.29) is 25.5 Å². The number of carbonyl (C=O) groups is 2. The van der Waals surface area contributed by atoms with Crippen molar-refractivity contribution in [1.82, 2.24) is 25.3 Å². The Morgan fingerprint density at radius 2 is 0.864 bits per heavy atom. The summed E-state index contributed by atoms with van der Waals surface area (Å²) in [5.74, 6) is -0.415. The molecule has 7 aromatic rings. The van der Waals surface area contributed by atoms with Gasteiger partial charge < -0.3 is 24.8 Å². The number of amides is 1. The first-order chi connectivity index (χ1) is 29.0. The van der Waals surface area contributed by atoms with Gasteiger partial charge in [-0.25, -0.2) is 9.97 Å². The lowest BCUT2D eigenvalue weighted by molar-refractivity contribution is -0.136. The molecule has 0 unspecified atom stereocenters. The molecule has 1 amide bonds. The van der Waals surface area contributed by atoms with Crippen LogP contribution in [0, 0.1) is 0 Å². The van der Waals surface area contributed by atoms with Crippen molar-refractivity contribution in [2.75, 3.05) is 13.8 Å². The minimum atomic E-state index is -0.503. The highest BCUT2D eigenvalue weighted by molar-refractivity contribution is 5.99. The number of ether oxygens (including phenoxy) is 2. The van der Waals surface area contributed by atoms with Crippen LogP contribution >= 0.6 is 0 Å². The number of aromatic nitrogens is 4. The van der Waals surface area contributed by atoms with Gasteiger partial charge in [-0.1, -0.05) is 103 Å². The van der Waals surface area contributed by atoms with Gasteiger partial charge in [-0.05, 0) is 83.0 Å². The number of fused-ring (bicyclic) bond motifs is 8. The third-order valence-corrected chi connectivity index (χ3v) is 10.3. The molecule has 9 rings (SSSR count). The number of esters is 1. The summed E-state index contributed by atoms with van der Waals surface area (Å²) in [5, 5.41) is 2.58. The predicted molar refractivity (Wildman–Crippen MR) is 235 cm³/mol. The van der Waals surface area contributed by atoms with Gasteiger partial charge in [0.2, 0.25) is 5.91 Å². The molecule has 2 aliphatic rings. The number of carbonyl (C=O) groups excluding carboxylic acids is 2. The predicted octanol–water partition coefficient (Wildman–Crippen LogP) is 10.7. The maximum absolute atomic E-state index is 12.7. The molecule has 59 heavy (non-hydrogen) atoms. The van der Waals surface area contributed by atoms with E-state index < -0.39 is 5.97 Å². The van der Waals surface area contributed by atoms with Crippen LogP contribution in [0.5, 0.6) is 5.75 Å². The van der Waals surface area contributed by atoms with Crippen LogP contribution in [0.4, 0.5) is 0 Å². The maximum Gasteiger partial charge on any atom is 0.311 e. The summed E-state index contributed by atoms with van der Waals surface area (Å²) in [6, 6.07) is 46.7. The number of nitrogens with one attached hydrogen (secondary N) is 3. The molecule has 0 aliphatic carbocycles. The summed E-state index contributed by atoms with van der Waals surface area (Å²) < 4.78 is 10.5. The molecule has 9 heteroatoms. The smallest absolute Gasteiger partial charge is 0.311 e. The second kappa shape index (κ2) is 16.5. The van der Waals surface area contributed by atoms with Gasteiger partial charge in [0.1, 0.15) is 12.5 Å². The van der Waals surface area contributed by atoms with Crippen LogP contribution in [-0.4, -0.2) is 45.7 Å². The summed E-state index contributed by atoms with van der Waals surface area (Å²) in [6.45, 7) is 0.0833. The van der Waals surface area contributed by atoms with Crippen LogP contribution in [0.1, 0.15) is 35.6 Å². The number of H-pyrrole nitrogens is 2. The number of benzene rings is 4. The van der Waals surface area contributed by atoms with E-state index >= 15 is 0 Å². The Balaban J connectivity index is 1.28. The zero-order valence-corrected chi connectivity index (χ0v) is 32.2. The Morgan fingerprint density at radius 3 is 1.24 bits per heavy atom. The van der Waals surface area contributed by atoms with Crippen molar-refractivity contribution in [1.29, 1.82) is 0 Å². The lowest BCUT2D eigenvalue weighted by atomic mass is 10.0. The monoisotopic (exact) mass is 773 g/mol. The third-order valence-electron chi connectivity index (χ3n) is 10.3. The standard InChI is InChI=1S/C50H39N5O4/c1-58-31-51-45(56)29-30-46(57)59-36-19-17-35(18-20-36)50-43-27-25-41(54-43)48(33-13-7-3-8-14-33)39-23-21-37(52-39)47(32-11-5-2-6-12-32)38-22-24-40(53-38)49(34-15-9-4-10-16-34)42-26-28-44(50)55-42/h2-28,52,55H,29-31H2,1H3,(H,51,56). The van der Waals surface area contributed by atoms with Crippen LogP contribution < -0.4 is 10.1 Å². The molecule has 3 aromatic heterocycles. The highest BCUT2D eigenvalue weighted by Gasteiger charge is 2.19. The fourth-order valence-corrected chi connectivity index (χ4v) is 7.56. The van der Waals surface area contributed by atoms with Crippen LogP contribution in [0.3, 0.4) is 0 Å². The van der Waals surface area contributed by atoms with E-state index in [1.807, 2.05) is 60.7 Å². The van der Waals surface area contributed by atoms with Gasteiger partial charge in [0, 0.05) is 57.9 Å². The van der Waals surface area contributed by atoms with Gasteiger partial charge in [0.15, 0.2) is 0 Å². The largest absolute Gasteiger partial charge is 0.427 e. The summed E-state index contributed by atoms with van der Waals surface area (Å²) >= 11 is 0. The number of nitrogens with zero attached hydrogens (tertiary/aromatic N) is 2. The van der Waals surface area contributed by atoms with Crippen molar-refractivity contribution < 1.29 is 19.1 Å². The van der Waals surface area contributed by atoms with Gasteiger partial charge in [0.05, 0.1) is 29.2 Å². The van der Waals surface area contributed by atoms with E-state index in [0.717, 1.165) is 89.4 Å². The molecule has 0 saturated carbocycles. The first-order valence-electron chi connectivity index (χ1n) is 19.4. The fraction of sp³-hybridized carbons (Fsp3) is 0.0800. The zero-order valence-electron chi connectivity index (χ0n) is 32.2. The van der Waals surface area contributed by atoms with Crippen molar-refractivity contribution in [3.8, 4) is 50.3 Å². The van der Waals surface area contributed by atoms with Crippen molar-refractivity contribution in [2.45, 2.75) is 12.8 Å². The molecule has 9 nitrogen and oxygen atoms in total. The molecule has 0 fully saturated rings. The summed E-state index contributed by atoms with van der Waals surface area (Å²) in [5.41, 5.74) is 14.6. The second-order valence-electron chi connectivity index (χ2n) is 14.1. The molecule has 0 atom stereocenters.